The van der Waals surface area contributed by atoms with E-state index in [4.69, 9.17) is 18.9 Å². The van der Waals surface area contributed by atoms with Crippen LogP contribution in [-0.2, 0) is 16.1 Å². The van der Waals surface area contributed by atoms with E-state index in [2.05, 4.69) is 15.9 Å². The van der Waals surface area contributed by atoms with Crippen LogP contribution in [0, 0.1) is 0 Å². The molecule has 0 saturated carbocycles. The molecular weight excluding hydrogens is 396 g/mol. The highest BCUT2D eigenvalue weighted by atomic mass is 79.9. The third-order valence-electron chi connectivity index (χ3n) is 3.35. The molecule has 2 aromatic rings. The van der Waals surface area contributed by atoms with Gasteiger partial charge in [0.05, 0.1) is 12.9 Å². The first-order valence-electron chi connectivity index (χ1n) is 7.16. The lowest BCUT2D eigenvalue weighted by atomic mass is 10.2. The summed E-state index contributed by atoms with van der Waals surface area (Å²) < 4.78 is 21.9. The molecule has 0 radical (unpaired) electrons. The quantitative estimate of drug-likeness (QED) is 0.529. The Bertz CT molecular complexity index is 733. The predicted octanol–water partition coefficient (Wildman–Crippen LogP) is 4.02. The van der Waals surface area contributed by atoms with Crippen LogP contribution >= 0.6 is 27.7 Å². The summed E-state index contributed by atoms with van der Waals surface area (Å²) in [5, 5.41) is 0. The molecule has 0 atom stereocenters. The molecule has 1 aliphatic rings. The molecule has 0 aromatic heterocycles. The number of hydrogen-bond donors (Lipinski definition) is 0. The van der Waals surface area contributed by atoms with E-state index >= 15 is 0 Å². The molecule has 0 bridgehead atoms. The third-order valence-corrected chi connectivity index (χ3v) is 5.07. The zero-order chi connectivity index (χ0) is 16.9. The Morgan fingerprint density at radius 1 is 1.21 bits per heavy atom. The van der Waals surface area contributed by atoms with Crippen LogP contribution in [0.4, 0.5) is 0 Å². The maximum absolute atomic E-state index is 11.9. The molecule has 0 amide bonds. The largest absolute Gasteiger partial charge is 0.497 e. The van der Waals surface area contributed by atoms with Crippen LogP contribution in [0.3, 0.4) is 0 Å². The SMILES string of the molecule is COc1ccc(SCC(=O)OCc2cc3c(cc2Br)OCO3)cc1. The third kappa shape index (κ3) is 4.15. The van der Waals surface area contributed by atoms with Crippen molar-refractivity contribution in [3.63, 3.8) is 0 Å². The lowest BCUT2D eigenvalue weighted by Crippen LogP contribution is -2.07. The van der Waals surface area contributed by atoms with Gasteiger partial charge < -0.3 is 18.9 Å². The number of carbonyl (C=O) groups is 1. The van der Waals surface area contributed by atoms with Gasteiger partial charge in [0.2, 0.25) is 6.79 Å². The van der Waals surface area contributed by atoms with Gasteiger partial charge in [-0.1, -0.05) is 15.9 Å². The maximum atomic E-state index is 11.9. The molecule has 0 saturated heterocycles. The summed E-state index contributed by atoms with van der Waals surface area (Å²) in [4.78, 5) is 12.9. The molecule has 24 heavy (non-hydrogen) atoms. The van der Waals surface area contributed by atoms with Crippen LogP contribution in [0.15, 0.2) is 45.8 Å². The van der Waals surface area contributed by atoms with Crippen LogP contribution in [-0.4, -0.2) is 25.6 Å². The van der Waals surface area contributed by atoms with Crippen molar-refractivity contribution in [3.05, 3.63) is 46.4 Å². The minimum atomic E-state index is -0.277. The predicted molar refractivity (Wildman–Crippen MR) is 93.8 cm³/mol. The molecular formula is C17H15BrO5S. The first-order chi connectivity index (χ1) is 11.7. The number of ether oxygens (including phenoxy) is 4. The van der Waals surface area contributed by atoms with Crippen molar-refractivity contribution < 1.29 is 23.7 Å². The second kappa shape index (κ2) is 7.81. The maximum Gasteiger partial charge on any atom is 0.316 e. The molecule has 126 valence electrons. The van der Waals surface area contributed by atoms with Crippen molar-refractivity contribution in [2.75, 3.05) is 19.7 Å². The molecule has 3 rings (SSSR count). The van der Waals surface area contributed by atoms with E-state index in [9.17, 15) is 4.79 Å². The van der Waals surface area contributed by atoms with E-state index < -0.39 is 0 Å². The number of thioether (sulfide) groups is 1. The second-order valence-electron chi connectivity index (χ2n) is 4.92. The molecule has 5 nitrogen and oxygen atoms in total. The van der Waals surface area contributed by atoms with E-state index in [0.717, 1.165) is 20.7 Å². The fourth-order valence-corrected chi connectivity index (χ4v) is 3.22. The molecule has 2 aromatic carbocycles. The minimum absolute atomic E-state index is 0.180. The number of esters is 1. The number of benzene rings is 2. The van der Waals surface area contributed by atoms with Gasteiger partial charge in [-0.25, -0.2) is 0 Å². The van der Waals surface area contributed by atoms with Gasteiger partial charge in [0.1, 0.15) is 12.4 Å². The Hall–Kier alpha value is -1.86. The van der Waals surface area contributed by atoms with Crippen molar-refractivity contribution in [2.24, 2.45) is 0 Å². The normalized spacial score (nSPS) is 12.1. The van der Waals surface area contributed by atoms with Crippen molar-refractivity contribution in [2.45, 2.75) is 11.5 Å². The highest BCUT2D eigenvalue weighted by Crippen LogP contribution is 2.37. The van der Waals surface area contributed by atoms with E-state index in [-0.39, 0.29) is 25.1 Å². The summed E-state index contributed by atoms with van der Waals surface area (Å²) in [6, 6.07) is 11.2. The highest BCUT2D eigenvalue weighted by molar-refractivity contribution is 9.10. The first-order valence-corrected chi connectivity index (χ1v) is 8.94. The van der Waals surface area contributed by atoms with Crippen LogP contribution in [0.5, 0.6) is 17.2 Å². The average molecular weight is 411 g/mol. The van der Waals surface area contributed by atoms with E-state index in [0.29, 0.717) is 11.5 Å². The van der Waals surface area contributed by atoms with Gasteiger partial charge in [-0.2, -0.15) is 0 Å². The Balaban J connectivity index is 1.50. The lowest BCUT2D eigenvalue weighted by molar-refractivity contribution is -0.141. The van der Waals surface area contributed by atoms with Crippen LogP contribution in [0.2, 0.25) is 0 Å². The van der Waals surface area contributed by atoms with Crippen LogP contribution < -0.4 is 14.2 Å². The van der Waals surface area contributed by atoms with Gasteiger partial charge in [0.25, 0.3) is 0 Å². The van der Waals surface area contributed by atoms with Gasteiger partial charge in [-0.15, -0.1) is 11.8 Å². The van der Waals surface area contributed by atoms with Crippen LogP contribution in [0.25, 0.3) is 0 Å². The summed E-state index contributed by atoms with van der Waals surface area (Å²) in [7, 11) is 1.62. The fourth-order valence-electron chi connectivity index (χ4n) is 2.08. The first kappa shape index (κ1) is 17.0. The number of carbonyl (C=O) groups excluding carboxylic acids is 1. The zero-order valence-corrected chi connectivity index (χ0v) is 15.3. The molecule has 0 aliphatic carbocycles. The van der Waals surface area contributed by atoms with E-state index in [1.807, 2.05) is 36.4 Å². The molecule has 1 aliphatic heterocycles. The van der Waals surface area contributed by atoms with Gasteiger partial charge >= 0.3 is 5.97 Å². The van der Waals surface area contributed by atoms with Gasteiger partial charge in [0, 0.05) is 14.9 Å². The van der Waals surface area contributed by atoms with Crippen molar-refractivity contribution in [3.8, 4) is 17.2 Å². The molecule has 0 unspecified atom stereocenters. The lowest BCUT2D eigenvalue weighted by Gasteiger charge is -2.08. The molecule has 0 spiro atoms. The number of fused-ring (bicyclic) bond motifs is 1. The van der Waals surface area contributed by atoms with Crippen molar-refractivity contribution >= 4 is 33.7 Å². The summed E-state index contributed by atoms with van der Waals surface area (Å²) >= 11 is 4.87. The monoisotopic (exact) mass is 410 g/mol. The zero-order valence-electron chi connectivity index (χ0n) is 12.9. The number of hydrogen-bond acceptors (Lipinski definition) is 6. The van der Waals surface area contributed by atoms with E-state index in [1.54, 1.807) is 7.11 Å². The fraction of sp³-hybridized carbons (Fsp3) is 0.235. The van der Waals surface area contributed by atoms with Crippen LogP contribution in [0.1, 0.15) is 5.56 Å². The van der Waals surface area contributed by atoms with Crippen molar-refractivity contribution in [1.29, 1.82) is 0 Å². The molecule has 1 heterocycles. The Morgan fingerprint density at radius 2 is 1.92 bits per heavy atom. The number of halogens is 1. The molecule has 0 fully saturated rings. The number of rotatable bonds is 6. The Labute approximate surface area is 152 Å². The average Bonchev–Trinajstić information content (AvgIpc) is 3.05. The highest BCUT2D eigenvalue weighted by Gasteiger charge is 2.17. The second-order valence-corrected chi connectivity index (χ2v) is 6.82. The Kier molecular flexibility index (Phi) is 5.52. The topological polar surface area (TPSA) is 54.0 Å². The Morgan fingerprint density at radius 3 is 2.62 bits per heavy atom. The molecule has 0 N–H and O–H groups in total. The van der Waals surface area contributed by atoms with Gasteiger partial charge in [-0.05, 0) is 36.4 Å². The minimum Gasteiger partial charge on any atom is -0.497 e. The summed E-state index contributed by atoms with van der Waals surface area (Å²) in [5.41, 5.74) is 0.835. The summed E-state index contributed by atoms with van der Waals surface area (Å²) in [5.74, 6) is 2.10. The summed E-state index contributed by atoms with van der Waals surface area (Å²) in [6.45, 7) is 0.392. The van der Waals surface area contributed by atoms with Crippen molar-refractivity contribution in [1.82, 2.24) is 0 Å². The summed E-state index contributed by atoms with van der Waals surface area (Å²) in [6.07, 6.45) is 0. The van der Waals surface area contributed by atoms with E-state index in [1.165, 1.54) is 11.8 Å². The smallest absolute Gasteiger partial charge is 0.316 e. The van der Waals surface area contributed by atoms with Gasteiger partial charge in [0.15, 0.2) is 11.5 Å². The molecule has 7 heteroatoms. The number of methoxy groups -OCH3 is 1. The standard InChI is InChI=1S/C17H15BrO5S/c1-20-12-2-4-13(5-3-12)24-9-17(19)21-8-11-6-15-16(7-14(11)18)23-10-22-15/h2-7H,8-10H2,1H3. The van der Waals surface area contributed by atoms with Gasteiger partial charge in [-0.3, -0.25) is 4.79 Å².